The summed E-state index contributed by atoms with van der Waals surface area (Å²) in [5, 5.41) is 2.97. The summed E-state index contributed by atoms with van der Waals surface area (Å²) in [6, 6.07) is 3.65. The van der Waals surface area contributed by atoms with Crippen LogP contribution in [-0.4, -0.2) is 36.0 Å². The van der Waals surface area contributed by atoms with E-state index >= 15 is 0 Å². The summed E-state index contributed by atoms with van der Waals surface area (Å²) in [6.07, 6.45) is 4.51. The van der Waals surface area contributed by atoms with Gasteiger partial charge in [-0.2, -0.15) is 0 Å². The quantitative estimate of drug-likeness (QED) is 0.862. The monoisotopic (exact) mass is 293 g/mol. The third-order valence-electron chi connectivity index (χ3n) is 3.75. The molecule has 1 aromatic rings. The second-order valence-electron chi connectivity index (χ2n) is 5.76. The molecule has 6 nitrogen and oxygen atoms in total. The molecule has 1 aromatic heterocycles. The van der Waals surface area contributed by atoms with Crippen molar-refractivity contribution in [3.05, 3.63) is 24.2 Å². The van der Waals surface area contributed by atoms with Crippen LogP contribution in [0.15, 0.2) is 22.8 Å². The molecule has 2 heterocycles. The average molecular weight is 293 g/mol. The number of hydrogen-bond donors (Lipinski definition) is 2. The Morgan fingerprint density at radius 2 is 2.38 bits per heavy atom. The number of amides is 3. The number of nitrogens with zero attached hydrogens (tertiary/aromatic N) is 1. The van der Waals surface area contributed by atoms with Crippen LogP contribution < -0.4 is 11.1 Å². The highest BCUT2D eigenvalue weighted by molar-refractivity contribution is 5.75. The molecule has 1 saturated heterocycles. The normalized spacial score (nSPS) is 20.0. The lowest BCUT2D eigenvalue weighted by molar-refractivity contribution is -0.119. The molecule has 3 N–H and O–H groups in total. The van der Waals surface area contributed by atoms with Gasteiger partial charge in [-0.3, -0.25) is 4.79 Å². The van der Waals surface area contributed by atoms with Gasteiger partial charge in [-0.1, -0.05) is 0 Å². The molecule has 6 heteroatoms. The van der Waals surface area contributed by atoms with Crippen LogP contribution in [0.3, 0.4) is 0 Å². The first-order valence-electron chi connectivity index (χ1n) is 7.40. The van der Waals surface area contributed by atoms with Gasteiger partial charge >= 0.3 is 6.03 Å². The number of carbonyl (C=O) groups excluding carboxylic acids is 2. The van der Waals surface area contributed by atoms with Gasteiger partial charge in [0.2, 0.25) is 5.91 Å². The van der Waals surface area contributed by atoms with Crippen molar-refractivity contribution in [2.24, 2.45) is 11.7 Å². The van der Waals surface area contributed by atoms with Gasteiger partial charge in [0.05, 0.1) is 6.26 Å². The summed E-state index contributed by atoms with van der Waals surface area (Å²) in [6.45, 7) is 3.28. The maximum absolute atomic E-state index is 12.2. The first kappa shape index (κ1) is 15.4. The second-order valence-corrected chi connectivity index (χ2v) is 5.76. The van der Waals surface area contributed by atoms with Crippen LogP contribution in [0.4, 0.5) is 4.79 Å². The minimum Gasteiger partial charge on any atom is -0.469 e. The number of rotatable bonds is 5. The molecule has 2 rings (SSSR count). The summed E-state index contributed by atoms with van der Waals surface area (Å²) >= 11 is 0. The Bertz CT molecular complexity index is 473. The Morgan fingerprint density at radius 3 is 3.05 bits per heavy atom. The number of urea groups is 1. The molecular weight excluding hydrogens is 270 g/mol. The zero-order valence-corrected chi connectivity index (χ0v) is 12.4. The third-order valence-corrected chi connectivity index (χ3v) is 3.75. The molecule has 1 aliphatic rings. The second kappa shape index (κ2) is 7.15. The largest absolute Gasteiger partial charge is 0.469 e. The molecule has 2 atom stereocenters. The van der Waals surface area contributed by atoms with Gasteiger partial charge in [-0.15, -0.1) is 0 Å². The molecule has 0 radical (unpaired) electrons. The number of hydrogen-bond acceptors (Lipinski definition) is 3. The number of likely N-dealkylation sites (tertiary alicyclic amines) is 1. The molecule has 21 heavy (non-hydrogen) atoms. The van der Waals surface area contributed by atoms with Gasteiger partial charge < -0.3 is 20.4 Å². The predicted octanol–water partition coefficient (Wildman–Crippen LogP) is 1.51. The summed E-state index contributed by atoms with van der Waals surface area (Å²) in [5.41, 5.74) is 5.23. The summed E-state index contributed by atoms with van der Waals surface area (Å²) in [7, 11) is 0. The van der Waals surface area contributed by atoms with Crippen molar-refractivity contribution in [1.29, 1.82) is 0 Å². The van der Waals surface area contributed by atoms with Crippen molar-refractivity contribution in [3.63, 3.8) is 0 Å². The van der Waals surface area contributed by atoms with Crippen LogP contribution in [0.5, 0.6) is 0 Å². The van der Waals surface area contributed by atoms with Crippen LogP contribution in [-0.2, 0) is 11.2 Å². The minimum atomic E-state index is -0.298. The first-order chi connectivity index (χ1) is 10.0. The van der Waals surface area contributed by atoms with Crippen molar-refractivity contribution in [1.82, 2.24) is 10.2 Å². The number of piperidine rings is 1. The fraction of sp³-hybridized carbons (Fsp3) is 0.600. The fourth-order valence-corrected chi connectivity index (χ4v) is 2.78. The third kappa shape index (κ3) is 4.81. The van der Waals surface area contributed by atoms with E-state index in [0.29, 0.717) is 19.4 Å². The summed E-state index contributed by atoms with van der Waals surface area (Å²) in [5.74, 6) is 0.740. The first-order valence-corrected chi connectivity index (χ1v) is 7.40. The average Bonchev–Trinajstić information content (AvgIpc) is 2.90. The van der Waals surface area contributed by atoms with Gasteiger partial charge in [0.15, 0.2) is 0 Å². The number of carbonyl (C=O) groups is 2. The van der Waals surface area contributed by atoms with Gasteiger partial charge in [0.25, 0.3) is 0 Å². The number of furan rings is 1. The van der Waals surface area contributed by atoms with Crippen molar-refractivity contribution in [2.45, 2.75) is 38.6 Å². The van der Waals surface area contributed by atoms with Crippen LogP contribution in [0.1, 0.15) is 31.9 Å². The molecule has 1 aliphatic heterocycles. The highest BCUT2D eigenvalue weighted by Gasteiger charge is 2.25. The Morgan fingerprint density at radius 1 is 1.57 bits per heavy atom. The van der Waals surface area contributed by atoms with Crippen molar-refractivity contribution < 1.29 is 14.0 Å². The SMILES string of the molecule is C[C@H](Cc1ccco1)NC(=O)N1CCC[C@H](CC(N)=O)C1. The number of nitrogens with two attached hydrogens (primary N) is 1. The Balaban J connectivity index is 1.80. The van der Waals surface area contributed by atoms with Gasteiger partial charge in [-0.05, 0) is 37.8 Å². The maximum Gasteiger partial charge on any atom is 0.317 e. The molecule has 3 amide bonds. The van der Waals surface area contributed by atoms with E-state index in [1.165, 1.54) is 0 Å². The molecule has 0 spiro atoms. The summed E-state index contributed by atoms with van der Waals surface area (Å²) < 4.78 is 5.28. The molecular formula is C15H23N3O3. The zero-order valence-electron chi connectivity index (χ0n) is 12.4. The molecule has 1 fully saturated rings. The van der Waals surface area contributed by atoms with E-state index in [2.05, 4.69) is 5.32 Å². The molecule has 0 unspecified atom stereocenters. The number of primary amides is 1. The van der Waals surface area contributed by atoms with E-state index in [1.807, 2.05) is 19.1 Å². The van der Waals surface area contributed by atoms with Crippen LogP contribution in [0, 0.1) is 5.92 Å². The standard InChI is InChI=1S/C15H23N3O3/c1-11(8-13-5-3-7-21-13)17-15(20)18-6-2-4-12(10-18)9-14(16)19/h3,5,7,11-12H,2,4,6,8-10H2,1H3,(H2,16,19)(H,17,20)/t11-,12-/m1/s1. The fourth-order valence-electron chi connectivity index (χ4n) is 2.78. The van der Waals surface area contributed by atoms with E-state index in [4.69, 9.17) is 10.2 Å². The van der Waals surface area contributed by atoms with E-state index in [9.17, 15) is 9.59 Å². The van der Waals surface area contributed by atoms with Crippen LogP contribution in [0.25, 0.3) is 0 Å². The molecule has 0 aliphatic carbocycles. The van der Waals surface area contributed by atoms with Crippen molar-refractivity contribution in [3.8, 4) is 0 Å². The van der Waals surface area contributed by atoms with Gasteiger partial charge in [0.1, 0.15) is 5.76 Å². The van der Waals surface area contributed by atoms with Gasteiger partial charge in [0, 0.05) is 32.0 Å². The van der Waals surface area contributed by atoms with Crippen LogP contribution in [0.2, 0.25) is 0 Å². The van der Waals surface area contributed by atoms with Crippen LogP contribution >= 0.6 is 0 Å². The summed E-state index contributed by atoms with van der Waals surface area (Å²) in [4.78, 5) is 25.0. The highest BCUT2D eigenvalue weighted by atomic mass is 16.3. The number of nitrogens with one attached hydrogen (secondary N) is 1. The topological polar surface area (TPSA) is 88.6 Å². The predicted molar refractivity (Wildman–Crippen MR) is 78.5 cm³/mol. The molecule has 0 saturated carbocycles. The smallest absolute Gasteiger partial charge is 0.317 e. The zero-order chi connectivity index (χ0) is 15.2. The Labute approximate surface area is 124 Å². The van der Waals surface area contributed by atoms with E-state index < -0.39 is 0 Å². The lowest BCUT2D eigenvalue weighted by Gasteiger charge is -2.33. The van der Waals surface area contributed by atoms with E-state index in [0.717, 1.165) is 25.1 Å². The highest BCUT2D eigenvalue weighted by Crippen LogP contribution is 2.19. The van der Waals surface area contributed by atoms with Gasteiger partial charge in [-0.25, -0.2) is 4.79 Å². The lowest BCUT2D eigenvalue weighted by atomic mass is 9.95. The van der Waals surface area contributed by atoms with E-state index in [1.54, 1.807) is 11.2 Å². The minimum absolute atomic E-state index is 0.000155. The van der Waals surface area contributed by atoms with E-state index in [-0.39, 0.29) is 23.9 Å². The molecule has 0 aromatic carbocycles. The molecule has 0 bridgehead atoms. The van der Waals surface area contributed by atoms with Crippen molar-refractivity contribution in [2.75, 3.05) is 13.1 Å². The molecule has 116 valence electrons. The Kier molecular flexibility index (Phi) is 5.25. The Hall–Kier alpha value is -1.98. The van der Waals surface area contributed by atoms with Crippen molar-refractivity contribution >= 4 is 11.9 Å². The maximum atomic E-state index is 12.2. The lowest BCUT2D eigenvalue weighted by Crippen LogP contribution is -2.48.